The summed E-state index contributed by atoms with van der Waals surface area (Å²) >= 11 is 0. The van der Waals surface area contributed by atoms with E-state index in [9.17, 15) is 4.79 Å². The molecule has 0 bridgehead atoms. The minimum atomic E-state index is 0.00802. The van der Waals surface area contributed by atoms with E-state index in [1.54, 1.807) is 0 Å². The molecule has 0 fully saturated rings. The normalized spacial score (nSPS) is 14.8. The van der Waals surface area contributed by atoms with Crippen LogP contribution in [0.5, 0.6) is 0 Å². The third kappa shape index (κ3) is 4.53. The van der Waals surface area contributed by atoms with Gasteiger partial charge in [-0.05, 0) is 88.6 Å². The molecule has 1 aliphatic rings. The minimum absolute atomic E-state index is 0.00802. The first-order valence-corrected chi connectivity index (χ1v) is 16.4. The fourth-order valence-corrected chi connectivity index (χ4v) is 7.41. The largest absolute Gasteiger partial charge is 0.456 e. The van der Waals surface area contributed by atoms with Crippen molar-refractivity contribution < 1.29 is 4.42 Å². The fourth-order valence-electron chi connectivity index (χ4n) is 7.41. The van der Waals surface area contributed by atoms with Crippen LogP contribution in [-0.2, 0) is 0 Å². The highest BCUT2D eigenvalue weighted by molar-refractivity contribution is 6.03. The van der Waals surface area contributed by atoms with Gasteiger partial charge in [-0.15, -0.1) is 0 Å². The first-order chi connectivity index (χ1) is 22.4. The molecule has 0 saturated carbocycles. The minimum Gasteiger partial charge on any atom is -0.456 e. The van der Waals surface area contributed by atoms with Gasteiger partial charge >= 0.3 is 0 Å². The first kappa shape index (κ1) is 28.3. The molecule has 0 aliphatic heterocycles. The van der Waals surface area contributed by atoms with Gasteiger partial charge in [0.05, 0.1) is 16.3 Å². The third-order valence-corrected chi connectivity index (χ3v) is 9.78. The van der Waals surface area contributed by atoms with Gasteiger partial charge in [0.25, 0.3) is 0 Å². The van der Waals surface area contributed by atoms with Gasteiger partial charge in [-0.25, -0.2) is 0 Å². The summed E-state index contributed by atoms with van der Waals surface area (Å²) in [6.07, 6.45) is 3.40. The summed E-state index contributed by atoms with van der Waals surface area (Å²) in [4.78, 5) is 13.5. The fraction of sp³-hybridized carbons (Fsp3) is 0.186. The van der Waals surface area contributed by atoms with Gasteiger partial charge in [-0.3, -0.25) is 4.79 Å². The van der Waals surface area contributed by atoms with E-state index in [2.05, 4.69) is 123 Å². The zero-order valence-electron chi connectivity index (χ0n) is 26.7. The summed E-state index contributed by atoms with van der Waals surface area (Å²) in [6, 6.07) is 40.0. The quantitative estimate of drug-likeness (QED) is 0.185. The molecule has 8 rings (SSSR count). The second kappa shape index (κ2) is 11.0. The Morgan fingerprint density at radius 1 is 0.674 bits per heavy atom. The van der Waals surface area contributed by atoms with E-state index in [4.69, 9.17) is 4.42 Å². The highest BCUT2D eigenvalue weighted by Crippen LogP contribution is 2.49. The third-order valence-electron chi connectivity index (χ3n) is 9.78. The van der Waals surface area contributed by atoms with Gasteiger partial charge in [0.15, 0.2) is 0 Å². The molecule has 0 N–H and O–H groups in total. The van der Waals surface area contributed by atoms with Gasteiger partial charge in [0.2, 0.25) is 5.43 Å². The van der Waals surface area contributed by atoms with Crippen molar-refractivity contribution in [2.24, 2.45) is 5.92 Å². The van der Waals surface area contributed by atoms with Gasteiger partial charge < -0.3 is 8.98 Å². The maximum Gasteiger partial charge on any atom is 0.200 e. The van der Waals surface area contributed by atoms with E-state index in [0.717, 1.165) is 12.1 Å². The molecule has 46 heavy (non-hydrogen) atoms. The molecule has 2 aromatic heterocycles. The van der Waals surface area contributed by atoms with Gasteiger partial charge in [0, 0.05) is 34.3 Å². The molecular formula is C43H37NO2. The van der Waals surface area contributed by atoms with Gasteiger partial charge in [-0.2, -0.15) is 0 Å². The Labute approximate surface area is 269 Å². The van der Waals surface area contributed by atoms with E-state index < -0.39 is 0 Å². The molecule has 0 spiro atoms. The monoisotopic (exact) mass is 599 g/mol. The molecule has 0 radical (unpaired) electrons. The molecule has 0 saturated heterocycles. The zero-order valence-corrected chi connectivity index (χ0v) is 26.7. The van der Waals surface area contributed by atoms with Crippen LogP contribution in [0, 0.1) is 5.92 Å². The number of rotatable bonds is 5. The number of allylic oxidation sites excluding steroid dienone is 1. The second-order valence-electron chi connectivity index (χ2n) is 13.3. The highest BCUT2D eigenvalue weighted by atomic mass is 16.3. The van der Waals surface area contributed by atoms with Crippen LogP contribution in [0.25, 0.3) is 61.3 Å². The SMILES string of the molecule is CC(C)c1cc(-c2ccccc2)cc2c3c(n(-c4ccc5c(=O)c6ccccc6oc5c4)c12)C(C(C)C)CC(c1ccccc1)=C3. The maximum atomic E-state index is 13.5. The Morgan fingerprint density at radius 2 is 1.35 bits per heavy atom. The lowest BCUT2D eigenvalue weighted by Crippen LogP contribution is -2.17. The van der Waals surface area contributed by atoms with Crippen molar-refractivity contribution in [2.75, 3.05) is 0 Å². The van der Waals surface area contributed by atoms with Gasteiger partial charge in [0.1, 0.15) is 11.2 Å². The zero-order chi connectivity index (χ0) is 31.5. The predicted molar refractivity (Wildman–Crippen MR) is 193 cm³/mol. The number of nitrogens with zero attached hydrogens (tertiary/aromatic N) is 1. The van der Waals surface area contributed by atoms with Gasteiger partial charge in [-0.1, -0.05) is 100 Å². The van der Waals surface area contributed by atoms with Crippen LogP contribution in [0.3, 0.4) is 0 Å². The summed E-state index contributed by atoms with van der Waals surface area (Å²) in [7, 11) is 0. The van der Waals surface area contributed by atoms with E-state index in [-0.39, 0.29) is 5.43 Å². The Kier molecular flexibility index (Phi) is 6.79. The summed E-state index contributed by atoms with van der Waals surface area (Å²) in [5.41, 5.74) is 12.5. The molecule has 3 heteroatoms. The lowest BCUT2D eigenvalue weighted by Gasteiger charge is -2.29. The number of fused-ring (bicyclic) bond motifs is 5. The standard InChI is InChI=1S/C43H37NO2/c1-26(2)35-21-30(28-13-7-5-8-14-28)23-37-38-24-31(29-15-9-6-10-16-29)22-36(27(3)4)42(38)44(41(35)37)32-19-20-34-40(25-32)46-39-18-12-11-17-33(39)43(34)45/h5-21,23-27,36H,22H2,1-4H3. The van der Waals surface area contributed by atoms with E-state index >= 15 is 0 Å². The Morgan fingerprint density at radius 3 is 2.07 bits per heavy atom. The average Bonchev–Trinajstić information content (AvgIpc) is 3.42. The molecule has 1 unspecified atom stereocenters. The van der Waals surface area contributed by atoms with E-state index in [1.807, 2.05) is 30.3 Å². The number of aromatic nitrogens is 1. The van der Waals surface area contributed by atoms with Crippen molar-refractivity contribution in [3.63, 3.8) is 0 Å². The maximum absolute atomic E-state index is 13.5. The molecule has 2 heterocycles. The number of hydrogen-bond donors (Lipinski definition) is 0. The number of benzene rings is 5. The molecule has 7 aromatic rings. The van der Waals surface area contributed by atoms with Crippen molar-refractivity contribution in [1.82, 2.24) is 4.57 Å². The van der Waals surface area contributed by atoms with Crippen LogP contribution in [-0.4, -0.2) is 4.57 Å². The van der Waals surface area contributed by atoms with Crippen LogP contribution in [0.4, 0.5) is 0 Å². The number of hydrogen-bond acceptors (Lipinski definition) is 2. The van der Waals surface area contributed by atoms with Crippen molar-refractivity contribution >= 4 is 44.5 Å². The lowest BCUT2D eigenvalue weighted by atomic mass is 9.78. The first-order valence-electron chi connectivity index (χ1n) is 16.4. The molecular weight excluding hydrogens is 562 g/mol. The Hall–Kier alpha value is -5.15. The molecule has 0 amide bonds. The summed E-state index contributed by atoms with van der Waals surface area (Å²) in [6.45, 7) is 9.26. The van der Waals surface area contributed by atoms with E-state index in [0.29, 0.717) is 39.7 Å². The molecule has 3 nitrogen and oxygen atoms in total. The van der Waals surface area contributed by atoms with Crippen molar-refractivity contribution in [2.45, 2.75) is 46.0 Å². The predicted octanol–water partition coefficient (Wildman–Crippen LogP) is 11.4. The van der Waals surface area contributed by atoms with E-state index in [1.165, 1.54) is 50.0 Å². The second-order valence-corrected chi connectivity index (χ2v) is 13.3. The van der Waals surface area contributed by atoms with Crippen LogP contribution < -0.4 is 5.43 Å². The lowest BCUT2D eigenvalue weighted by molar-refractivity contribution is 0.488. The number of para-hydroxylation sites is 1. The Bertz CT molecular complexity index is 2350. The van der Waals surface area contributed by atoms with Crippen LogP contribution in [0.2, 0.25) is 0 Å². The van der Waals surface area contributed by atoms with Crippen LogP contribution in [0.1, 0.15) is 68.3 Å². The van der Waals surface area contributed by atoms with Crippen molar-refractivity contribution in [3.05, 3.63) is 148 Å². The smallest absolute Gasteiger partial charge is 0.200 e. The van der Waals surface area contributed by atoms with Crippen LogP contribution in [0.15, 0.2) is 124 Å². The molecule has 226 valence electrons. The summed E-state index contributed by atoms with van der Waals surface area (Å²) in [5.74, 6) is 0.994. The van der Waals surface area contributed by atoms with Crippen molar-refractivity contribution in [3.8, 4) is 16.8 Å². The topological polar surface area (TPSA) is 35.1 Å². The molecule has 1 aliphatic carbocycles. The molecule has 5 aromatic carbocycles. The van der Waals surface area contributed by atoms with Crippen LogP contribution >= 0.6 is 0 Å². The van der Waals surface area contributed by atoms with Crippen molar-refractivity contribution in [1.29, 1.82) is 0 Å². The summed E-state index contributed by atoms with van der Waals surface area (Å²) < 4.78 is 8.89. The highest BCUT2D eigenvalue weighted by Gasteiger charge is 2.33. The molecule has 1 atom stereocenters. The Balaban J connectivity index is 1.50. The summed E-state index contributed by atoms with van der Waals surface area (Å²) in [5, 5.41) is 2.48. The average molecular weight is 600 g/mol.